The number of aromatic nitrogens is 3. The van der Waals surface area contributed by atoms with Crippen molar-refractivity contribution in [1.82, 2.24) is 19.7 Å². The first-order valence-corrected chi connectivity index (χ1v) is 15.8. The largest absolute Gasteiger partial charge is 0.464 e. The Bertz CT molecular complexity index is 1390. The van der Waals surface area contributed by atoms with Crippen molar-refractivity contribution in [2.24, 2.45) is 5.92 Å². The zero-order valence-corrected chi connectivity index (χ0v) is 25.3. The maximum atomic E-state index is 14.0. The lowest BCUT2D eigenvalue weighted by atomic mass is 9.96. The van der Waals surface area contributed by atoms with Gasteiger partial charge in [0.2, 0.25) is 0 Å². The number of hydrogen-bond acceptors (Lipinski definition) is 11. The van der Waals surface area contributed by atoms with Crippen LogP contribution in [0.3, 0.4) is 0 Å². The molecule has 1 aliphatic rings. The minimum absolute atomic E-state index is 0.202. The molecule has 15 heteroatoms. The van der Waals surface area contributed by atoms with Crippen LogP contribution < -0.4 is 15.3 Å². The fraction of sp³-hybridized carbons (Fsp3) is 0.519. The molecule has 6 atom stereocenters. The lowest BCUT2D eigenvalue weighted by Gasteiger charge is -2.32. The Morgan fingerprint density at radius 2 is 1.95 bits per heavy atom. The number of alkyl halides is 1. The van der Waals surface area contributed by atoms with Crippen molar-refractivity contribution in [2.75, 3.05) is 24.8 Å². The van der Waals surface area contributed by atoms with Crippen LogP contribution in [0, 0.1) is 5.92 Å². The summed E-state index contributed by atoms with van der Waals surface area (Å²) in [6.07, 6.45) is -1.17. The second-order valence-electron chi connectivity index (χ2n) is 10.2. The SMILES string of the molecule is CCC(CC)COC(=O)C(C)NP(=O)(OC[C@@]1(CCl)O[C@@H](c2ccc3c(N)ncnn23)[C@H](O)[C@@H]1O)Oc1ccccc1. The number of ether oxygens (including phenoxy) is 2. The Balaban J connectivity index is 1.54. The maximum absolute atomic E-state index is 14.0. The van der Waals surface area contributed by atoms with Crippen molar-refractivity contribution in [3.05, 3.63) is 54.5 Å². The monoisotopic (exact) mass is 625 g/mol. The Kier molecular flexibility index (Phi) is 10.5. The van der Waals surface area contributed by atoms with E-state index < -0.39 is 50.3 Å². The van der Waals surface area contributed by atoms with Crippen molar-refractivity contribution in [2.45, 2.75) is 63.6 Å². The summed E-state index contributed by atoms with van der Waals surface area (Å²) in [5.74, 6) is -0.360. The van der Waals surface area contributed by atoms with Gasteiger partial charge in [-0.05, 0) is 37.1 Å². The number of aliphatic hydroxyl groups is 2. The molecule has 0 radical (unpaired) electrons. The predicted octanol–water partition coefficient (Wildman–Crippen LogP) is 3.24. The molecule has 0 spiro atoms. The van der Waals surface area contributed by atoms with Crippen LogP contribution in [-0.4, -0.2) is 73.7 Å². The molecule has 0 bridgehead atoms. The normalized spacial score (nSPS) is 24.5. The number of nitrogens with zero attached hydrogens (tertiary/aromatic N) is 3. The third kappa shape index (κ3) is 6.89. The lowest BCUT2D eigenvalue weighted by molar-refractivity contribution is -0.146. The molecule has 2 unspecified atom stereocenters. The summed E-state index contributed by atoms with van der Waals surface area (Å²) in [5, 5.41) is 28.9. The zero-order valence-electron chi connectivity index (χ0n) is 23.6. The molecule has 1 aromatic carbocycles. The van der Waals surface area contributed by atoms with E-state index in [1.54, 1.807) is 42.5 Å². The first kappa shape index (κ1) is 32.2. The number of fused-ring (bicyclic) bond motifs is 1. The summed E-state index contributed by atoms with van der Waals surface area (Å²) in [6.45, 7) is 5.15. The molecule has 1 aliphatic heterocycles. The number of para-hydroxylation sites is 1. The van der Waals surface area contributed by atoms with Gasteiger partial charge < -0.3 is 29.9 Å². The minimum atomic E-state index is -4.32. The van der Waals surface area contributed by atoms with Crippen LogP contribution in [0.4, 0.5) is 5.82 Å². The molecule has 1 saturated heterocycles. The van der Waals surface area contributed by atoms with Crippen LogP contribution in [0.25, 0.3) is 5.52 Å². The molecule has 3 aromatic rings. The highest BCUT2D eigenvalue weighted by atomic mass is 35.5. The van der Waals surface area contributed by atoms with Gasteiger partial charge in [-0.1, -0.05) is 44.9 Å². The Morgan fingerprint density at radius 3 is 2.62 bits per heavy atom. The highest BCUT2D eigenvalue weighted by molar-refractivity contribution is 7.52. The summed E-state index contributed by atoms with van der Waals surface area (Å²) < 4.78 is 38.5. The number of aliphatic hydroxyl groups excluding tert-OH is 2. The first-order valence-electron chi connectivity index (χ1n) is 13.7. The molecule has 2 aromatic heterocycles. The summed E-state index contributed by atoms with van der Waals surface area (Å²) in [5.41, 5.74) is 5.07. The van der Waals surface area contributed by atoms with Gasteiger partial charge in [0.05, 0.1) is 24.8 Å². The quantitative estimate of drug-likeness (QED) is 0.117. The highest BCUT2D eigenvalue weighted by Crippen LogP contribution is 2.49. The number of rotatable bonds is 14. The van der Waals surface area contributed by atoms with E-state index in [2.05, 4.69) is 15.2 Å². The summed E-state index contributed by atoms with van der Waals surface area (Å²) in [6, 6.07) is 10.4. The van der Waals surface area contributed by atoms with Crippen LogP contribution in [0.5, 0.6) is 5.75 Å². The van der Waals surface area contributed by atoms with Crippen LogP contribution in [0.1, 0.15) is 45.4 Å². The number of carbonyl (C=O) groups is 1. The average molecular weight is 626 g/mol. The van der Waals surface area contributed by atoms with Crippen molar-refractivity contribution >= 4 is 36.7 Å². The van der Waals surface area contributed by atoms with E-state index in [1.807, 2.05) is 13.8 Å². The number of nitrogens with two attached hydrogens (primary N) is 1. The number of hydrogen-bond donors (Lipinski definition) is 4. The number of benzene rings is 1. The number of carbonyl (C=O) groups excluding carboxylic acids is 1. The number of nitrogen functional groups attached to an aromatic ring is 1. The Morgan fingerprint density at radius 1 is 1.24 bits per heavy atom. The molecule has 13 nitrogen and oxygen atoms in total. The smallest absolute Gasteiger partial charge is 0.459 e. The molecule has 5 N–H and O–H groups in total. The van der Waals surface area contributed by atoms with Gasteiger partial charge in [-0.15, -0.1) is 11.6 Å². The molecular formula is C27H37ClN5O8P. The molecular weight excluding hydrogens is 589 g/mol. The minimum Gasteiger partial charge on any atom is -0.464 e. The highest BCUT2D eigenvalue weighted by Gasteiger charge is 2.56. The van der Waals surface area contributed by atoms with Crippen LogP contribution in [-0.2, 0) is 23.4 Å². The standard InChI is InChI=1S/C27H37ClN5O8P/c1-4-18(5-2)13-38-26(36)17(3)32-42(37,41-19-9-7-6-8-10-19)39-15-27(14-28)24(35)22(34)23(40-27)20-11-12-21-25(29)30-16-31-33(20)21/h6-12,16-18,22-24,34-35H,4-5,13-15H2,1-3H3,(H,32,37)(H2,29,30,31)/t17?,22-,23-,24-,27+,42?/m0/s1. The second kappa shape index (κ2) is 13.7. The molecule has 42 heavy (non-hydrogen) atoms. The fourth-order valence-corrected chi connectivity index (χ4v) is 6.45. The van der Waals surface area contributed by atoms with E-state index in [0.29, 0.717) is 11.2 Å². The number of halogens is 1. The lowest BCUT2D eigenvalue weighted by Crippen LogP contribution is -2.49. The van der Waals surface area contributed by atoms with Gasteiger partial charge in [0.25, 0.3) is 0 Å². The molecule has 0 aliphatic carbocycles. The van der Waals surface area contributed by atoms with E-state index >= 15 is 0 Å². The van der Waals surface area contributed by atoms with Gasteiger partial charge in [0.1, 0.15) is 47.5 Å². The molecule has 0 saturated carbocycles. The zero-order chi connectivity index (χ0) is 30.5. The van der Waals surface area contributed by atoms with E-state index in [-0.39, 0.29) is 30.0 Å². The molecule has 230 valence electrons. The average Bonchev–Trinajstić information content (AvgIpc) is 3.52. The molecule has 4 rings (SSSR count). The summed E-state index contributed by atoms with van der Waals surface area (Å²) >= 11 is 6.28. The van der Waals surface area contributed by atoms with Gasteiger partial charge in [0.15, 0.2) is 5.82 Å². The van der Waals surface area contributed by atoms with E-state index in [1.165, 1.54) is 17.8 Å². The van der Waals surface area contributed by atoms with Crippen molar-refractivity contribution < 1.29 is 38.1 Å². The van der Waals surface area contributed by atoms with Crippen molar-refractivity contribution in [3.8, 4) is 5.75 Å². The van der Waals surface area contributed by atoms with Crippen molar-refractivity contribution in [3.63, 3.8) is 0 Å². The second-order valence-corrected chi connectivity index (χ2v) is 12.2. The third-order valence-corrected chi connectivity index (χ3v) is 9.41. The van der Waals surface area contributed by atoms with Gasteiger partial charge >= 0.3 is 13.7 Å². The fourth-order valence-electron chi connectivity index (χ4n) is 4.60. The van der Waals surface area contributed by atoms with Gasteiger partial charge in [0, 0.05) is 0 Å². The molecule has 1 fully saturated rings. The van der Waals surface area contributed by atoms with Crippen LogP contribution >= 0.6 is 19.3 Å². The van der Waals surface area contributed by atoms with E-state index in [4.69, 9.17) is 35.9 Å². The number of anilines is 1. The Labute approximate surface area is 248 Å². The summed E-state index contributed by atoms with van der Waals surface area (Å²) in [7, 11) is -4.32. The topological polar surface area (TPSA) is 180 Å². The van der Waals surface area contributed by atoms with Crippen LogP contribution in [0.15, 0.2) is 48.8 Å². The van der Waals surface area contributed by atoms with Crippen molar-refractivity contribution in [1.29, 1.82) is 0 Å². The van der Waals surface area contributed by atoms with Crippen LogP contribution in [0.2, 0.25) is 0 Å². The first-order chi connectivity index (χ1) is 20.1. The number of esters is 1. The molecule has 3 heterocycles. The molecule has 0 amide bonds. The van der Waals surface area contributed by atoms with E-state index in [9.17, 15) is 19.6 Å². The number of nitrogens with one attached hydrogen (secondary N) is 1. The van der Waals surface area contributed by atoms with Gasteiger partial charge in [-0.25, -0.2) is 14.1 Å². The van der Waals surface area contributed by atoms with Gasteiger partial charge in [-0.2, -0.15) is 10.2 Å². The predicted molar refractivity (Wildman–Crippen MR) is 155 cm³/mol. The maximum Gasteiger partial charge on any atom is 0.459 e. The third-order valence-electron chi connectivity index (χ3n) is 7.33. The van der Waals surface area contributed by atoms with Gasteiger partial charge in [-0.3, -0.25) is 9.32 Å². The van der Waals surface area contributed by atoms with E-state index in [0.717, 1.165) is 12.8 Å². The summed E-state index contributed by atoms with van der Waals surface area (Å²) in [4.78, 5) is 16.7. The Hall–Kier alpha value is -2.77.